The van der Waals surface area contributed by atoms with Gasteiger partial charge in [-0.05, 0) is 18.4 Å². The Morgan fingerprint density at radius 3 is 1.29 bits per heavy atom. The van der Waals surface area contributed by atoms with E-state index in [2.05, 4.69) is 26.0 Å². The van der Waals surface area contributed by atoms with Crippen molar-refractivity contribution in [2.24, 2.45) is 0 Å². The van der Waals surface area contributed by atoms with E-state index in [-0.39, 0.29) is 12.1 Å². The molecule has 280 valence electrons. The summed E-state index contributed by atoms with van der Waals surface area (Å²) >= 11 is 0. The topological polar surface area (TPSA) is 44.8 Å². The smallest absolute Gasteiger partial charge is 0.306 e. The molecule has 0 saturated carbocycles. The molecule has 0 fully saturated rings. The fourth-order valence-corrected chi connectivity index (χ4v) is 6.50. The van der Waals surface area contributed by atoms with Gasteiger partial charge in [-0.1, -0.05) is 218 Å². The van der Waals surface area contributed by atoms with Crippen molar-refractivity contribution in [1.82, 2.24) is 0 Å². The molecule has 0 unspecified atom stereocenters. The number of esters is 1. The summed E-state index contributed by atoms with van der Waals surface area (Å²) in [4.78, 5) is 12.6. The lowest BCUT2D eigenvalue weighted by Crippen LogP contribution is -2.28. The maximum absolute atomic E-state index is 12.6. The first kappa shape index (κ1) is 44.6. The molecule has 0 aliphatic carbocycles. The van der Waals surface area contributed by atoms with Crippen LogP contribution in [-0.4, -0.2) is 31.9 Å². The van der Waals surface area contributed by atoms with E-state index in [9.17, 15) is 4.79 Å². The zero-order valence-electron chi connectivity index (χ0n) is 32.1. The number of benzene rings is 1. The van der Waals surface area contributed by atoms with Crippen LogP contribution in [0.15, 0.2) is 30.3 Å². The van der Waals surface area contributed by atoms with Crippen LogP contribution in [0.1, 0.15) is 212 Å². The Morgan fingerprint density at radius 2 is 0.854 bits per heavy atom. The molecule has 0 aliphatic heterocycles. The van der Waals surface area contributed by atoms with Gasteiger partial charge in [0.05, 0.1) is 19.8 Å². The molecule has 0 heterocycles. The van der Waals surface area contributed by atoms with Crippen molar-refractivity contribution < 1.29 is 19.0 Å². The van der Waals surface area contributed by atoms with Crippen LogP contribution in [0.4, 0.5) is 0 Å². The summed E-state index contributed by atoms with van der Waals surface area (Å²) in [5, 5.41) is 0. The van der Waals surface area contributed by atoms with Crippen LogP contribution in [0, 0.1) is 0 Å². The molecule has 1 aromatic rings. The summed E-state index contributed by atoms with van der Waals surface area (Å²) < 4.78 is 17.8. The Labute approximate surface area is 299 Å². The van der Waals surface area contributed by atoms with Crippen LogP contribution in [0.5, 0.6) is 0 Å². The second-order valence-electron chi connectivity index (χ2n) is 14.5. The molecule has 48 heavy (non-hydrogen) atoms. The zero-order chi connectivity index (χ0) is 34.4. The summed E-state index contributed by atoms with van der Waals surface area (Å²) in [6.07, 6.45) is 39.0. The van der Waals surface area contributed by atoms with Crippen molar-refractivity contribution in [3.63, 3.8) is 0 Å². The van der Waals surface area contributed by atoms with Gasteiger partial charge in [0.1, 0.15) is 6.10 Å². The van der Waals surface area contributed by atoms with E-state index in [4.69, 9.17) is 14.2 Å². The average Bonchev–Trinajstić information content (AvgIpc) is 3.10. The minimum atomic E-state index is -0.343. The van der Waals surface area contributed by atoms with Gasteiger partial charge in [-0.3, -0.25) is 4.79 Å². The second-order valence-corrected chi connectivity index (χ2v) is 14.5. The van der Waals surface area contributed by atoms with E-state index in [0.717, 1.165) is 31.4 Å². The van der Waals surface area contributed by atoms with Crippen LogP contribution >= 0.6 is 0 Å². The first-order valence-corrected chi connectivity index (χ1v) is 21.1. The molecule has 1 aromatic carbocycles. The van der Waals surface area contributed by atoms with Gasteiger partial charge < -0.3 is 14.2 Å². The van der Waals surface area contributed by atoms with Crippen molar-refractivity contribution in [1.29, 1.82) is 0 Å². The first-order chi connectivity index (χ1) is 23.8. The molecule has 0 aromatic heterocycles. The van der Waals surface area contributed by atoms with Crippen LogP contribution < -0.4 is 0 Å². The molecule has 0 radical (unpaired) electrons. The number of ether oxygens (including phenoxy) is 3. The standard InChI is InChI=1S/C44H80O4/c1-3-5-7-9-11-13-15-17-18-19-21-23-25-27-29-34-38-46-40-43(41-47-39-42-35-31-30-32-36-42)48-44(45)37-33-28-26-24-22-20-16-14-12-10-8-6-4-2/h30-32,35-36,43H,3-29,33-34,37-41H2,1-2H3/t43-/m1/s1. The van der Waals surface area contributed by atoms with Crippen LogP contribution in [-0.2, 0) is 25.6 Å². The predicted octanol–water partition coefficient (Wildman–Crippen LogP) is 13.9. The number of rotatable bonds is 38. The maximum Gasteiger partial charge on any atom is 0.306 e. The third kappa shape index (κ3) is 31.9. The molecule has 0 amide bonds. The van der Waals surface area contributed by atoms with Gasteiger partial charge in [0.2, 0.25) is 0 Å². The third-order valence-corrected chi connectivity index (χ3v) is 9.64. The van der Waals surface area contributed by atoms with E-state index in [1.54, 1.807) is 0 Å². The van der Waals surface area contributed by atoms with Crippen LogP contribution in [0.2, 0.25) is 0 Å². The molecule has 0 spiro atoms. The van der Waals surface area contributed by atoms with E-state index < -0.39 is 0 Å². The van der Waals surface area contributed by atoms with Gasteiger partial charge in [0.15, 0.2) is 0 Å². The van der Waals surface area contributed by atoms with Gasteiger partial charge in [0.25, 0.3) is 0 Å². The molecule has 4 heteroatoms. The van der Waals surface area contributed by atoms with Crippen molar-refractivity contribution in [2.75, 3.05) is 19.8 Å². The molecule has 0 bridgehead atoms. The quantitative estimate of drug-likeness (QED) is 0.0518. The highest BCUT2D eigenvalue weighted by Gasteiger charge is 2.15. The Bertz CT molecular complexity index is 766. The molecule has 4 nitrogen and oxygen atoms in total. The lowest BCUT2D eigenvalue weighted by atomic mass is 10.0. The largest absolute Gasteiger partial charge is 0.457 e. The van der Waals surface area contributed by atoms with Crippen molar-refractivity contribution >= 4 is 5.97 Å². The third-order valence-electron chi connectivity index (χ3n) is 9.64. The van der Waals surface area contributed by atoms with E-state index in [1.165, 1.54) is 167 Å². The monoisotopic (exact) mass is 673 g/mol. The van der Waals surface area contributed by atoms with E-state index >= 15 is 0 Å². The first-order valence-electron chi connectivity index (χ1n) is 21.1. The fourth-order valence-electron chi connectivity index (χ4n) is 6.50. The Kier molecular flexibility index (Phi) is 34.3. The Hall–Kier alpha value is -1.39. The highest BCUT2D eigenvalue weighted by Crippen LogP contribution is 2.15. The number of carbonyl (C=O) groups excluding carboxylic acids is 1. The van der Waals surface area contributed by atoms with Crippen molar-refractivity contribution in [2.45, 2.75) is 219 Å². The second kappa shape index (κ2) is 36.9. The van der Waals surface area contributed by atoms with Gasteiger partial charge in [0, 0.05) is 13.0 Å². The number of hydrogen-bond acceptors (Lipinski definition) is 4. The van der Waals surface area contributed by atoms with Gasteiger partial charge >= 0.3 is 5.97 Å². The summed E-state index contributed by atoms with van der Waals surface area (Å²) in [6.45, 7) is 6.60. The highest BCUT2D eigenvalue weighted by atomic mass is 16.6. The fraction of sp³-hybridized carbons (Fsp3) is 0.841. The molecule has 1 rings (SSSR count). The summed E-state index contributed by atoms with van der Waals surface area (Å²) in [7, 11) is 0. The van der Waals surface area contributed by atoms with Gasteiger partial charge in [-0.15, -0.1) is 0 Å². The highest BCUT2D eigenvalue weighted by molar-refractivity contribution is 5.69. The van der Waals surface area contributed by atoms with Gasteiger partial charge in [-0.25, -0.2) is 0 Å². The van der Waals surface area contributed by atoms with Crippen molar-refractivity contribution in [3.8, 4) is 0 Å². The van der Waals surface area contributed by atoms with Crippen molar-refractivity contribution in [3.05, 3.63) is 35.9 Å². The predicted molar refractivity (Wildman–Crippen MR) is 207 cm³/mol. The molecular formula is C44H80O4. The normalized spacial score (nSPS) is 12.0. The Balaban J connectivity index is 2.08. The lowest BCUT2D eigenvalue weighted by Gasteiger charge is -2.18. The summed E-state index contributed by atoms with van der Waals surface area (Å²) in [5.41, 5.74) is 1.13. The maximum atomic E-state index is 12.6. The van der Waals surface area contributed by atoms with Gasteiger partial charge in [-0.2, -0.15) is 0 Å². The minimum absolute atomic E-state index is 0.114. The Morgan fingerprint density at radius 1 is 0.479 bits per heavy atom. The minimum Gasteiger partial charge on any atom is -0.457 e. The zero-order valence-corrected chi connectivity index (χ0v) is 32.1. The molecular weight excluding hydrogens is 592 g/mol. The number of hydrogen-bond donors (Lipinski definition) is 0. The molecule has 0 aliphatic rings. The SMILES string of the molecule is CCCCCCCCCCCCCCCCCCOC[C@H](COCc1ccccc1)OC(=O)CCCCCCCCCCCCCCC. The lowest BCUT2D eigenvalue weighted by molar-refractivity contribution is -0.156. The van der Waals surface area contributed by atoms with Crippen LogP contribution in [0.3, 0.4) is 0 Å². The average molecular weight is 673 g/mol. The van der Waals surface area contributed by atoms with Crippen LogP contribution in [0.25, 0.3) is 0 Å². The number of unbranched alkanes of at least 4 members (excludes halogenated alkanes) is 27. The van der Waals surface area contributed by atoms with E-state index in [0.29, 0.717) is 26.2 Å². The summed E-state index contributed by atoms with van der Waals surface area (Å²) in [6, 6.07) is 10.2. The molecule has 0 saturated heterocycles. The molecule has 0 N–H and O–H groups in total. The van der Waals surface area contributed by atoms with E-state index in [1.807, 2.05) is 18.2 Å². The molecule has 1 atom stereocenters. The summed E-state index contributed by atoms with van der Waals surface area (Å²) in [5.74, 6) is -0.114. The number of carbonyl (C=O) groups is 1.